The van der Waals surface area contributed by atoms with E-state index in [4.69, 9.17) is 17.3 Å². The van der Waals surface area contributed by atoms with Crippen molar-refractivity contribution in [3.8, 4) is 0 Å². The van der Waals surface area contributed by atoms with Crippen LogP contribution in [-0.4, -0.2) is 30.4 Å². The van der Waals surface area contributed by atoms with E-state index >= 15 is 0 Å². The van der Waals surface area contributed by atoms with Gasteiger partial charge in [0, 0.05) is 18.0 Å². The molecule has 0 bridgehead atoms. The summed E-state index contributed by atoms with van der Waals surface area (Å²) in [7, 11) is 0. The van der Waals surface area contributed by atoms with Crippen molar-refractivity contribution in [3.63, 3.8) is 0 Å². The third kappa shape index (κ3) is 4.91. The molecule has 1 saturated heterocycles. The first-order chi connectivity index (χ1) is 11.7. The Balaban J connectivity index is 0.00000225. The molecule has 0 aromatic heterocycles. The quantitative estimate of drug-likeness (QED) is 0.761. The van der Waals surface area contributed by atoms with Crippen LogP contribution in [0.3, 0.4) is 0 Å². The largest absolute Gasteiger partial charge is 0.341 e. The monoisotopic (exact) mass is 396 g/mol. The van der Waals surface area contributed by atoms with E-state index in [0.717, 1.165) is 30.0 Å². The molecule has 2 atom stereocenters. The Bertz CT molecular complexity index is 699. The Kier molecular flexibility index (Phi) is 7.63. The maximum atomic E-state index is 13.1. The Morgan fingerprint density at radius 2 is 1.88 bits per heavy atom. The first-order valence-electron chi connectivity index (χ1n) is 8.14. The van der Waals surface area contributed by atoms with E-state index in [2.05, 4.69) is 0 Å². The number of hydrogen-bond donors (Lipinski definition) is 1. The first kappa shape index (κ1) is 20.1. The smallest absolute Gasteiger partial charge is 0.240 e. The van der Waals surface area contributed by atoms with Crippen LogP contribution >= 0.6 is 35.8 Å². The third-order valence-electron chi connectivity index (χ3n) is 4.34. The Labute approximate surface area is 164 Å². The van der Waals surface area contributed by atoms with E-state index in [9.17, 15) is 4.79 Å². The number of halogens is 2. The lowest BCUT2D eigenvalue weighted by atomic mass is 10.1. The van der Waals surface area contributed by atoms with E-state index in [1.54, 1.807) is 0 Å². The number of thioether (sulfide) groups is 1. The molecule has 3 rings (SSSR count). The van der Waals surface area contributed by atoms with Crippen molar-refractivity contribution in [1.29, 1.82) is 0 Å². The fourth-order valence-corrected chi connectivity index (χ4v) is 4.35. The van der Waals surface area contributed by atoms with Gasteiger partial charge in [0.1, 0.15) is 5.25 Å². The van der Waals surface area contributed by atoms with Gasteiger partial charge < -0.3 is 10.6 Å². The topological polar surface area (TPSA) is 46.3 Å². The van der Waals surface area contributed by atoms with Gasteiger partial charge in [-0.1, -0.05) is 54.1 Å². The van der Waals surface area contributed by atoms with Gasteiger partial charge in [0.05, 0.1) is 5.02 Å². The lowest BCUT2D eigenvalue weighted by Gasteiger charge is -2.24. The third-order valence-corrected chi connectivity index (χ3v) is 6.10. The highest BCUT2D eigenvalue weighted by Gasteiger charge is 2.32. The summed E-state index contributed by atoms with van der Waals surface area (Å²) in [5, 5.41) is 0.389. The number of benzene rings is 2. The van der Waals surface area contributed by atoms with Crippen LogP contribution in [-0.2, 0) is 4.79 Å². The fraction of sp³-hybridized carbons (Fsp3) is 0.316. The van der Waals surface area contributed by atoms with E-state index in [1.807, 2.05) is 59.5 Å². The molecule has 1 fully saturated rings. The summed E-state index contributed by atoms with van der Waals surface area (Å²) in [6.07, 6.45) is 0.987. The molecule has 1 heterocycles. The van der Waals surface area contributed by atoms with E-state index in [0.29, 0.717) is 17.5 Å². The van der Waals surface area contributed by atoms with Gasteiger partial charge in [-0.3, -0.25) is 4.79 Å². The second-order valence-electron chi connectivity index (χ2n) is 6.01. The molecule has 2 aromatic carbocycles. The minimum atomic E-state index is -0.289. The Morgan fingerprint density at radius 3 is 2.52 bits per heavy atom. The molecule has 2 unspecified atom stereocenters. The Hall–Kier alpha value is -1.20. The van der Waals surface area contributed by atoms with E-state index in [1.165, 1.54) is 11.8 Å². The molecule has 2 N–H and O–H groups in total. The number of carbonyl (C=O) groups is 1. The van der Waals surface area contributed by atoms with Crippen LogP contribution in [0.25, 0.3) is 0 Å². The van der Waals surface area contributed by atoms with Crippen LogP contribution in [0.2, 0.25) is 5.02 Å². The van der Waals surface area contributed by atoms with Crippen LogP contribution in [0.4, 0.5) is 0 Å². The fourth-order valence-electron chi connectivity index (χ4n) is 2.95. The van der Waals surface area contributed by atoms with E-state index < -0.39 is 0 Å². The number of likely N-dealkylation sites (tertiary alicyclic amines) is 1. The van der Waals surface area contributed by atoms with Gasteiger partial charge in [-0.25, -0.2) is 0 Å². The molecule has 0 radical (unpaired) electrons. The number of rotatable bonds is 5. The molecular weight excluding hydrogens is 375 g/mol. The zero-order valence-electron chi connectivity index (χ0n) is 13.8. The van der Waals surface area contributed by atoms with Gasteiger partial charge in [0.2, 0.25) is 5.91 Å². The summed E-state index contributed by atoms with van der Waals surface area (Å²) in [5.74, 6) is 0.553. The average molecular weight is 397 g/mol. The van der Waals surface area contributed by atoms with Gasteiger partial charge in [-0.05, 0) is 36.6 Å². The summed E-state index contributed by atoms with van der Waals surface area (Å²) in [6.45, 7) is 2.17. The van der Waals surface area contributed by atoms with Crippen LogP contribution in [0.1, 0.15) is 17.2 Å². The normalized spacial score (nSPS) is 17.8. The maximum absolute atomic E-state index is 13.1. The molecular formula is C19H22Cl2N2OS. The zero-order chi connectivity index (χ0) is 16.9. The standard InChI is InChI=1S/C19H21ClN2OS.ClH/c20-16-8-4-5-9-17(16)24-18(15-6-2-1-3-7-15)19(23)22-11-10-14(12-21)13-22;/h1-9,14,18H,10-13,21H2;1H. The number of nitrogens with two attached hydrogens (primary N) is 1. The summed E-state index contributed by atoms with van der Waals surface area (Å²) in [5.41, 5.74) is 6.77. The van der Waals surface area contributed by atoms with Crippen molar-refractivity contribution < 1.29 is 4.79 Å². The summed E-state index contributed by atoms with van der Waals surface area (Å²) < 4.78 is 0. The minimum Gasteiger partial charge on any atom is -0.341 e. The zero-order valence-corrected chi connectivity index (χ0v) is 16.2. The number of nitrogens with zero attached hydrogens (tertiary/aromatic N) is 1. The van der Waals surface area contributed by atoms with Crippen LogP contribution in [0, 0.1) is 5.92 Å². The average Bonchev–Trinajstić information content (AvgIpc) is 3.10. The van der Waals surface area contributed by atoms with Gasteiger partial charge in [-0.15, -0.1) is 24.2 Å². The molecule has 1 aliphatic heterocycles. The highest BCUT2D eigenvalue weighted by molar-refractivity contribution is 8.00. The first-order valence-corrected chi connectivity index (χ1v) is 9.39. The van der Waals surface area contributed by atoms with Crippen LogP contribution in [0.5, 0.6) is 0 Å². The highest BCUT2D eigenvalue weighted by Crippen LogP contribution is 2.40. The lowest BCUT2D eigenvalue weighted by molar-refractivity contribution is -0.129. The Morgan fingerprint density at radius 1 is 1.20 bits per heavy atom. The lowest BCUT2D eigenvalue weighted by Crippen LogP contribution is -2.33. The minimum absolute atomic E-state index is 0. The molecule has 0 spiro atoms. The van der Waals surface area contributed by atoms with Crippen molar-refractivity contribution >= 4 is 41.7 Å². The molecule has 134 valence electrons. The number of hydrogen-bond acceptors (Lipinski definition) is 3. The van der Waals surface area contributed by atoms with Gasteiger partial charge >= 0.3 is 0 Å². The molecule has 1 amide bonds. The van der Waals surface area contributed by atoms with Crippen molar-refractivity contribution in [2.45, 2.75) is 16.6 Å². The summed E-state index contributed by atoms with van der Waals surface area (Å²) >= 11 is 7.82. The second kappa shape index (κ2) is 9.48. The second-order valence-corrected chi connectivity index (χ2v) is 7.57. The van der Waals surface area contributed by atoms with Crippen molar-refractivity contribution in [3.05, 3.63) is 65.2 Å². The number of amides is 1. The molecule has 1 aliphatic rings. The summed E-state index contributed by atoms with van der Waals surface area (Å²) in [4.78, 5) is 16.0. The van der Waals surface area contributed by atoms with E-state index in [-0.39, 0.29) is 23.6 Å². The van der Waals surface area contributed by atoms with Crippen molar-refractivity contribution in [2.24, 2.45) is 11.7 Å². The van der Waals surface area contributed by atoms with Crippen LogP contribution < -0.4 is 5.73 Å². The predicted octanol–water partition coefficient (Wildman–Crippen LogP) is 4.40. The maximum Gasteiger partial charge on any atom is 0.240 e. The van der Waals surface area contributed by atoms with Crippen LogP contribution in [0.15, 0.2) is 59.5 Å². The molecule has 2 aromatic rings. The molecule has 0 aliphatic carbocycles. The predicted molar refractivity (Wildman–Crippen MR) is 107 cm³/mol. The van der Waals surface area contributed by atoms with Gasteiger partial charge in [0.15, 0.2) is 0 Å². The van der Waals surface area contributed by atoms with Gasteiger partial charge in [0.25, 0.3) is 0 Å². The highest BCUT2D eigenvalue weighted by atomic mass is 35.5. The summed E-state index contributed by atoms with van der Waals surface area (Å²) in [6, 6.07) is 17.6. The molecule has 6 heteroatoms. The van der Waals surface area contributed by atoms with Crippen molar-refractivity contribution in [2.75, 3.05) is 19.6 Å². The molecule has 3 nitrogen and oxygen atoms in total. The molecule has 0 saturated carbocycles. The molecule has 25 heavy (non-hydrogen) atoms. The van der Waals surface area contributed by atoms with Crippen molar-refractivity contribution in [1.82, 2.24) is 4.90 Å². The SMILES string of the molecule is Cl.NCC1CCN(C(=O)C(Sc2ccccc2Cl)c2ccccc2)C1. The number of carbonyl (C=O) groups excluding carboxylic acids is 1. The van der Waals surface area contributed by atoms with Gasteiger partial charge in [-0.2, -0.15) is 0 Å².